The number of aromatic nitrogens is 3. The Morgan fingerprint density at radius 1 is 1.09 bits per heavy atom. The number of thioether (sulfide) groups is 1. The molecule has 0 radical (unpaired) electrons. The van der Waals surface area contributed by atoms with Crippen LogP contribution in [0.15, 0.2) is 84.1 Å². The smallest absolute Gasteiger partial charge is 0.406 e. The number of hydrogen-bond donors (Lipinski definition) is 1. The molecule has 3 aromatic carbocycles. The zero-order chi connectivity index (χ0) is 30.4. The van der Waals surface area contributed by atoms with Crippen molar-refractivity contribution in [1.82, 2.24) is 20.1 Å². The fraction of sp³-hybridized carbons (Fsp3) is 0.267. The molecule has 5 rings (SSSR count). The molecule has 1 atom stereocenters. The summed E-state index contributed by atoms with van der Waals surface area (Å²) < 4.78 is 57.5. The van der Waals surface area contributed by atoms with Crippen LogP contribution in [0.1, 0.15) is 30.6 Å². The summed E-state index contributed by atoms with van der Waals surface area (Å²) in [5, 5.41) is 7.53. The number of benzene rings is 3. The van der Waals surface area contributed by atoms with Gasteiger partial charge in [-0.3, -0.25) is 0 Å². The lowest BCUT2D eigenvalue weighted by molar-refractivity contribution is -0.274. The van der Waals surface area contributed by atoms with Crippen molar-refractivity contribution in [3.05, 3.63) is 90.3 Å². The van der Waals surface area contributed by atoms with Gasteiger partial charge in [0.05, 0.1) is 12.2 Å². The fourth-order valence-corrected chi connectivity index (χ4v) is 5.48. The highest BCUT2D eigenvalue weighted by molar-refractivity contribution is 8.14. The van der Waals surface area contributed by atoms with Gasteiger partial charge in [0, 0.05) is 23.5 Å². The molecule has 4 aromatic rings. The molecule has 0 bridgehead atoms. The van der Waals surface area contributed by atoms with Crippen molar-refractivity contribution in [2.75, 3.05) is 23.7 Å². The molecule has 1 aliphatic rings. The number of aliphatic imine (C=N–C) groups is 1. The predicted octanol–water partition coefficient (Wildman–Crippen LogP) is 7.12. The van der Waals surface area contributed by atoms with Crippen LogP contribution in [0.4, 0.5) is 28.0 Å². The molecule has 224 valence electrons. The first kappa shape index (κ1) is 30.1. The van der Waals surface area contributed by atoms with E-state index in [4.69, 9.17) is 0 Å². The maximum Gasteiger partial charge on any atom is 0.573 e. The van der Waals surface area contributed by atoms with Crippen molar-refractivity contribution in [1.29, 1.82) is 0 Å². The minimum atomic E-state index is -4.77. The van der Waals surface area contributed by atoms with Crippen LogP contribution in [0.5, 0.6) is 5.75 Å². The quantitative estimate of drug-likeness (QED) is 0.214. The molecule has 13 heteroatoms. The molecule has 43 heavy (non-hydrogen) atoms. The third-order valence-electron chi connectivity index (χ3n) is 6.64. The van der Waals surface area contributed by atoms with Crippen molar-refractivity contribution in [2.45, 2.75) is 32.3 Å². The van der Waals surface area contributed by atoms with Crippen LogP contribution in [0.25, 0.3) is 17.1 Å². The van der Waals surface area contributed by atoms with E-state index in [1.807, 2.05) is 23.1 Å². The molecule has 1 saturated heterocycles. The Labute approximate surface area is 249 Å². The highest BCUT2D eigenvalue weighted by Crippen LogP contribution is 2.29. The van der Waals surface area contributed by atoms with Gasteiger partial charge < -0.3 is 15.0 Å². The van der Waals surface area contributed by atoms with Crippen molar-refractivity contribution in [2.24, 2.45) is 4.99 Å². The zero-order valence-electron chi connectivity index (χ0n) is 23.1. The first-order chi connectivity index (χ1) is 20.7. The number of halogens is 4. The van der Waals surface area contributed by atoms with E-state index in [1.54, 1.807) is 24.3 Å². The number of amides is 2. The summed E-state index contributed by atoms with van der Waals surface area (Å²) in [6.45, 7) is 2.59. The summed E-state index contributed by atoms with van der Waals surface area (Å²) >= 11 is 1.51. The highest BCUT2D eigenvalue weighted by Gasteiger charge is 2.31. The lowest BCUT2D eigenvalue weighted by Gasteiger charge is -2.31. The molecule has 2 heterocycles. The number of amidine groups is 1. The van der Waals surface area contributed by atoms with E-state index in [9.17, 15) is 18.0 Å². The Bertz CT molecular complexity index is 1570. The van der Waals surface area contributed by atoms with Gasteiger partial charge in [0.1, 0.15) is 18.2 Å². The van der Waals surface area contributed by atoms with Gasteiger partial charge in [-0.15, -0.1) is 18.3 Å². The van der Waals surface area contributed by atoms with Crippen LogP contribution in [-0.2, 0) is 6.42 Å². The minimum Gasteiger partial charge on any atom is -0.406 e. The Morgan fingerprint density at radius 2 is 1.84 bits per heavy atom. The SMILES string of the molecule is CCc1ccccc1N1CCCS/C1=N\C(=O)NCC(F)c1ccc(-c2ncn(-c3ccc(OC(F)(F)F)cc3)n2)cc1. The molecule has 1 aliphatic heterocycles. The number of carbonyl (C=O) groups is 1. The molecular formula is C30H28F4N6O2S. The Kier molecular flexibility index (Phi) is 9.29. The standard InChI is InChI=1S/C30H28F4N6O2S/c1-2-20-6-3-4-7-26(20)39-16-5-17-43-29(39)37-28(41)35-18-25(31)21-8-10-22(11-9-21)27-36-19-40(38-27)23-12-14-24(15-13-23)42-30(32,33)34/h3-4,6-15,19,25H,2,5,16-18H2,1H3,(H,35,41)/b37-29-. The third kappa shape index (κ3) is 7.72. The van der Waals surface area contributed by atoms with Crippen LogP contribution >= 0.6 is 11.8 Å². The van der Waals surface area contributed by atoms with Gasteiger partial charge >= 0.3 is 12.4 Å². The van der Waals surface area contributed by atoms with Crippen LogP contribution in [0.2, 0.25) is 0 Å². The van der Waals surface area contributed by atoms with E-state index in [0.717, 1.165) is 30.8 Å². The van der Waals surface area contributed by atoms with E-state index in [0.29, 0.717) is 27.8 Å². The van der Waals surface area contributed by atoms with Crippen LogP contribution < -0.4 is 15.0 Å². The Balaban J connectivity index is 1.18. The summed E-state index contributed by atoms with van der Waals surface area (Å²) in [5.41, 5.74) is 3.66. The predicted molar refractivity (Wildman–Crippen MR) is 158 cm³/mol. The van der Waals surface area contributed by atoms with E-state index in [-0.39, 0.29) is 12.3 Å². The molecule has 1 N–H and O–H groups in total. The normalized spacial score (nSPS) is 15.4. The van der Waals surface area contributed by atoms with Crippen LogP contribution in [0.3, 0.4) is 0 Å². The zero-order valence-corrected chi connectivity index (χ0v) is 23.9. The fourth-order valence-electron chi connectivity index (χ4n) is 4.53. The summed E-state index contributed by atoms with van der Waals surface area (Å²) in [7, 11) is 0. The number of anilines is 1. The number of hydrogen-bond acceptors (Lipinski definition) is 5. The minimum absolute atomic E-state index is 0.244. The molecule has 1 fully saturated rings. The molecule has 1 unspecified atom stereocenters. The second-order valence-electron chi connectivity index (χ2n) is 9.56. The van der Waals surface area contributed by atoms with Gasteiger partial charge in [-0.05, 0) is 54.3 Å². The van der Waals surface area contributed by atoms with Gasteiger partial charge in [0.25, 0.3) is 0 Å². The number of aryl methyl sites for hydroxylation is 1. The van der Waals surface area contributed by atoms with Gasteiger partial charge in [-0.1, -0.05) is 61.2 Å². The Morgan fingerprint density at radius 3 is 2.56 bits per heavy atom. The maximum atomic E-state index is 15.0. The van der Waals surface area contributed by atoms with Gasteiger partial charge in [-0.25, -0.2) is 18.9 Å². The second-order valence-corrected chi connectivity index (χ2v) is 10.6. The first-order valence-corrected chi connectivity index (χ1v) is 14.6. The van der Waals surface area contributed by atoms with E-state index in [1.165, 1.54) is 52.6 Å². The van der Waals surface area contributed by atoms with Gasteiger partial charge in [0.15, 0.2) is 11.0 Å². The number of ether oxygens (including phenoxy) is 1. The van der Waals surface area contributed by atoms with E-state index >= 15 is 4.39 Å². The lowest BCUT2D eigenvalue weighted by Crippen LogP contribution is -2.36. The summed E-state index contributed by atoms with van der Waals surface area (Å²) in [4.78, 5) is 23.2. The average Bonchev–Trinajstić information content (AvgIpc) is 3.50. The van der Waals surface area contributed by atoms with Crippen molar-refractivity contribution in [3.63, 3.8) is 0 Å². The second kappa shape index (κ2) is 13.3. The van der Waals surface area contributed by atoms with Crippen molar-refractivity contribution in [3.8, 4) is 22.8 Å². The number of urea groups is 1. The molecule has 8 nitrogen and oxygen atoms in total. The monoisotopic (exact) mass is 612 g/mol. The maximum absolute atomic E-state index is 15.0. The average molecular weight is 613 g/mol. The molecule has 0 spiro atoms. The summed E-state index contributed by atoms with van der Waals surface area (Å²) in [6.07, 6.45) is -2.99. The van der Waals surface area contributed by atoms with E-state index in [2.05, 4.69) is 38.1 Å². The molecular weight excluding hydrogens is 584 g/mol. The lowest BCUT2D eigenvalue weighted by atomic mass is 10.1. The van der Waals surface area contributed by atoms with Crippen molar-refractivity contribution < 1.29 is 27.1 Å². The van der Waals surface area contributed by atoms with Crippen LogP contribution in [0, 0.1) is 0 Å². The molecule has 0 saturated carbocycles. The van der Waals surface area contributed by atoms with Gasteiger partial charge in [0.2, 0.25) is 0 Å². The highest BCUT2D eigenvalue weighted by atomic mass is 32.2. The summed E-state index contributed by atoms with van der Waals surface area (Å²) in [5.74, 6) is 0.857. The number of carbonyl (C=O) groups excluding carboxylic acids is 1. The third-order valence-corrected chi connectivity index (χ3v) is 7.70. The van der Waals surface area contributed by atoms with Crippen LogP contribution in [-0.4, -0.2) is 51.2 Å². The largest absolute Gasteiger partial charge is 0.573 e. The topological polar surface area (TPSA) is 84.6 Å². The van der Waals surface area contributed by atoms with E-state index < -0.39 is 18.6 Å². The number of alkyl halides is 4. The Hall–Kier alpha value is -4.39. The first-order valence-electron chi connectivity index (χ1n) is 13.6. The molecule has 2 amide bonds. The molecule has 0 aliphatic carbocycles. The molecule has 1 aromatic heterocycles. The number of nitrogens with one attached hydrogen (secondary N) is 1. The van der Waals surface area contributed by atoms with Gasteiger partial charge in [-0.2, -0.15) is 4.99 Å². The van der Waals surface area contributed by atoms with Crippen molar-refractivity contribution >= 4 is 28.6 Å². The number of nitrogens with zero attached hydrogens (tertiary/aromatic N) is 5. The summed E-state index contributed by atoms with van der Waals surface area (Å²) in [6, 6.07) is 19.1. The number of para-hydroxylation sites is 1. The number of rotatable bonds is 8.